The van der Waals surface area contributed by atoms with Crippen molar-refractivity contribution < 1.29 is 22.9 Å². The van der Waals surface area contributed by atoms with Gasteiger partial charge < -0.3 is 14.4 Å². The van der Waals surface area contributed by atoms with Crippen LogP contribution in [0.5, 0.6) is 11.5 Å². The standard InChI is InChI=1S/C13H12FO4P.C4H9Cl2N/c1-10-2-6-12(7-3-10)17-19(15,16)18-13-8-4-11(14)5-9-13;5-1-3-7-4-2-6/h2-9H,1H3,(H,15,16);7H,1-4H2. The average molecular weight is 424 g/mol. The van der Waals surface area contributed by atoms with Gasteiger partial charge in [-0.25, -0.2) is 8.96 Å². The zero-order valence-corrected chi connectivity index (χ0v) is 16.6. The van der Waals surface area contributed by atoms with Crippen LogP contribution in [-0.4, -0.2) is 29.7 Å². The van der Waals surface area contributed by atoms with Gasteiger partial charge in [-0.2, -0.15) is 0 Å². The normalized spacial score (nSPS) is 12.5. The summed E-state index contributed by atoms with van der Waals surface area (Å²) in [6.07, 6.45) is 0. The van der Waals surface area contributed by atoms with Crippen LogP contribution < -0.4 is 14.4 Å². The molecule has 0 saturated heterocycles. The van der Waals surface area contributed by atoms with Gasteiger partial charge in [0.15, 0.2) is 0 Å². The number of benzene rings is 2. The lowest BCUT2D eigenvalue weighted by Crippen LogP contribution is -2.18. The molecule has 2 rings (SSSR count). The van der Waals surface area contributed by atoms with Gasteiger partial charge in [-0.3, -0.25) is 4.89 Å². The lowest BCUT2D eigenvalue weighted by atomic mass is 10.2. The largest absolute Gasteiger partial charge is 0.584 e. The summed E-state index contributed by atoms with van der Waals surface area (Å²) in [5, 5.41) is 3.02. The first-order valence-corrected chi connectivity index (χ1v) is 10.3. The Morgan fingerprint density at radius 1 is 0.962 bits per heavy atom. The maximum absolute atomic E-state index is 12.7. The SMILES string of the molecule is Cc1ccc(OP(=O)(O)Oc2ccc(F)cc2)cc1.ClCCNCCCl. The number of alkyl halides is 2. The topological polar surface area (TPSA) is 67.8 Å². The summed E-state index contributed by atoms with van der Waals surface area (Å²) in [5.41, 5.74) is 1.000. The Morgan fingerprint density at radius 3 is 1.81 bits per heavy atom. The predicted octanol–water partition coefficient (Wildman–Crippen LogP) is 4.75. The van der Waals surface area contributed by atoms with Gasteiger partial charge in [-0.1, -0.05) is 17.7 Å². The van der Waals surface area contributed by atoms with Gasteiger partial charge in [0, 0.05) is 24.8 Å². The van der Waals surface area contributed by atoms with Crippen molar-refractivity contribution in [3.8, 4) is 11.5 Å². The fourth-order valence-corrected chi connectivity index (χ4v) is 2.72. The summed E-state index contributed by atoms with van der Waals surface area (Å²) in [5.74, 6) is 1.14. The fraction of sp³-hybridized carbons (Fsp3) is 0.294. The number of phosphoric acid groups is 1. The highest BCUT2D eigenvalue weighted by Crippen LogP contribution is 2.44. The summed E-state index contributed by atoms with van der Waals surface area (Å²) in [6, 6.07) is 11.4. The van der Waals surface area contributed by atoms with Crippen molar-refractivity contribution in [2.24, 2.45) is 0 Å². The van der Waals surface area contributed by atoms with Crippen molar-refractivity contribution >= 4 is 31.0 Å². The number of halogens is 3. The Hall–Kier alpha value is -1.30. The third-order valence-electron chi connectivity index (χ3n) is 2.82. The lowest BCUT2D eigenvalue weighted by molar-refractivity contribution is 0.291. The highest BCUT2D eigenvalue weighted by Gasteiger charge is 2.24. The van der Waals surface area contributed by atoms with Crippen molar-refractivity contribution in [3.05, 3.63) is 59.9 Å². The Morgan fingerprint density at radius 2 is 1.38 bits per heavy atom. The first kappa shape index (κ1) is 22.7. The molecule has 0 radical (unpaired) electrons. The molecule has 2 N–H and O–H groups in total. The Labute approximate surface area is 162 Å². The third kappa shape index (κ3) is 10.00. The Kier molecular flexibility index (Phi) is 10.6. The molecule has 1 atom stereocenters. The molecule has 9 heteroatoms. The summed E-state index contributed by atoms with van der Waals surface area (Å²) < 4.78 is 34.1. The maximum Gasteiger partial charge on any atom is 0.584 e. The van der Waals surface area contributed by atoms with Crippen LogP contribution in [0, 0.1) is 12.7 Å². The zero-order chi connectivity index (χ0) is 19.4. The van der Waals surface area contributed by atoms with E-state index in [1.165, 1.54) is 12.1 Å². The minimum absolute atomic E-state index is 0.0549. The summed E-state index contributed by atoms with van der Waals surface area (Å²) in [6.45, 7) is 3.60. The molecule has 0 aliphatic carbocycles. The van der Waals surface area contributed by atoms with E-state index in [4.69, 9.17) is 32.2 Å². The molecule has 0 heterocycles. The van der Waals surface area contributed by atoms with E-state index < -0.39 is 13.6 Å². The van der Waals surface area contributed by atoms with E-state index in [1.54, 1.807) is 24.3 Å². The predicted molar refractivity (Wildman–Crippen MR) is 103 cm³/mol. The van der Waals surface area contributed by atoms with Crippen LogP contribution in [0.3, 0.4) is 0 Å². The summed E-state index contributed by atoms with van der Waals surface area (Å²) >= 11 is 10.7. The highest BCUT2D eigenvalue weighted by molar-refractivity contribution is 7.48. The number of hydrogen-bond donors (Lipinski definition) is 2. The molecule has 0 aromatic heterocycles. The van der Waals surface area contributed by atoms with Crippen LogP contribution >= 0.6 is 31.0 Å². The van der Waals surface area contributed by atoms with Crippen molar-refractivity contribution in [3.63, 3.8) is 0 Å². The summed E-state index contributed by atoms with van der Waals surface area (Å²) in [4.78, 5) is 9.58. The molecule has 0 amide bonds. The quantitative estimate of drug-likeness (QED) is 0.364. The van der Waals surface area contributed by atoms with Crippen LogP contribution in [-0.2, 0) is 4.57 Å². The third-order valence-corrected chi connectivity index (χ3v) is 4.08. The van der Waals surface area contributed by atoms with E-state index >= 15 is 0 Å². The van der Waals surface area contributed by atoms with Crippen LogP contribution in [0.4, 0.5) is 4.39 Å². The minimum Gasteiger partial charge on any atom is -0.395 e. The molecule has 1 unspecified atom stereocenters. The maximum atomic E-state index is 12.7. The second-order valence-corrected chi connectivity index (χ2v) is 7.10. The van der Waals surface area contributed by atoms with Gasteiger partial charge in [0.25, 0.3) is 0 Å². The number of hydrogen-bond acceptors (Lipinski definition) is 4. The first-order chi connectivity index (χ1) is 12.4. The molecule has 0 aliphatic rings. The van der Waals surface area contributed by atoms with E-state index in [9.17, 15) is 13.8 Å². The Balaban J connectivity index is 0.000000412. The average Bonchev–Trinajstić information content (AvgIpc) is 2.60. The van der Waals surface area contributed by atoms with Crippen LogP contribution in [0.25, 0.3) is 0 Å². The lowest BCUT2D eigenvalue weighted by Gasteiger charge is -2.13. The molecule has 144 valence electrons. The van der Waals surface area contributed by atoms with Gasteiger partial charge >= 0.3 is 7.82 Å². The van der Waals surface area contributed by atoms with Crippen molar-refractivity contribution in [2.75, 3.05) is 24.8 Å². The van der Waals surface area contributed by atoms with E-state index in [-0.39, 0.29) is 11.5 Å². The molecular formula is C17H21Cl2FNO4P. The molecule has 0 spiro atoms. The van der Waals surface area contributed by atoms with Gasteiger partial charge in [-0.05, 0) is 43.3 Å². The molecule has 0 fully saturated rings. The molecule has 0 aliphatic heterocycles. The number of nitrogens with one attached hydrogen (secondary N) is 1. The molecule has 0 bridgehead atoms. The second-order valence-electron chi connectivity index (χ2n) is 5.05. The Bertz CT molecular complexity index is 631. The molecule has 5 nitrogen and oxygen atoms in total. The fourth-order valence-electron chi connectivity index (χ4n) is 1.64. The molecular weight excluding hydrogens is 403 g/mol. The molecule has 26 heavy (non-hydrogen) atoms. The van der Waals surface area contributed by atoms with Gasteiger partial charge in [0.05, 0.1) is 0 Å². The van der Waals surface area contributed by atoms with Crippen LogP contribution in [0.1, 0.15) is 5.56 Å². The second kappa shape index (κ2) is 12.2. The number of phosphoric ester groups is 1. The number of aryl methyl sites for hydroxylation is 1. The minimum atomic E-state index is -4.29. The van der Waals surface area contributed by atoms with E-state index in [0.717, 1.165) is 30.8 Å². The molecule has 2 aromatic rings. The summed E-state index contributed by atoms with van der Waals surface area (Å²) in [7, 11) is -4.29. The van der Waals surface area contributed by atoms with Crippen molar-refractivity contribution in [1.29, 1.82) is 0 Å². The first-order valence-electron chi connectivity index (χ1n) is 7.73. The van der Waals surface area contributed by atoms with Gasteiger partial charge in [0.1, 0.15) is 17.3 Å². The van der Waals surface area contributed by atoms with Gasteiger partial charge in [-0.15, -0.1) is 23.2 Å². The van der Waals surface area contributed by atoms with Crippen LogP contribution in [0.15, 0.2) is 48.5 Å². The smallest absolute Gasteiger partial charge is 0.395 e. The highest BCUT2D eigenvalue weighted by atomic mass is 35.5. The van der Waals surface area contributed by atoms with E-state index in [0.29, 0.717) is 11.8 Å². The van der Waals surface area contributed by atoms with Crippen molar-refractivity contribution in [2.45, 2.75) is 6.92 Å². The van der Waals surface area contributed by atoms with Gasteiger partial charge in [0.2, 0.25) is 0 Å². The van der Waals surface area contributed by atoms with E-state index in [2.05, 4.69) is 5.32 Å². The van der Waals surface area contributed by atoms with E-state index in [1.807, 2.05) is 6.92 Å². The molecule has 2 aromatic carbocycles. The molecule has 0 saturated carbocycles. The van der Waals surface area contributed by atoms with Crippen LogP contribution in [0.2, 0.25) is 0 Å². The van der Waals surface area contributed by atoms with Crippen molar-refractivity contribution in [1.82, 2.24) is 5.32 Å². The monoisotopic (exact) mass is 423 g/mol. The number of rotatable bonds is 8. The zero-order valence-electron chi connectivity index (χ0n) is 14.2.